The van der Waals surface area contributed by atoms with E-state index in [0.29, 0.717) is 0 Å². The van der Waals surface area contributed by atoms with Gasteiger partial charge in [0, 0.05) is 13.0 Å². The quantitative estimate of drug-likeness (QED) is 0.432. The Morgan fingerprint density at radius 3 is 2.82 bits per heavy atom. The first-order valence-electron chi connectivity index (χ1n) is 3.37. The zero-order valence-corrected chi connectivity index (χ0v) is 6.89. The standard InChI is InChI=1S/C8H7NOS/c1-6-9(10)7-4-2-3-5-8(7)11-6/h2-5H,1H3. The van der Waals surface area contributed by atoms with Crippen molar-refractivity contribution in [3.05, 3.63) is 34.5 Å². The molecule has 1 aromatic carbocycles. The number of fused-ring (bicyclic) bond motifs is 1. The summed E-state index contributed by atoms with van der Waals surface area (Å²) in [4.78, 5) is 0. The maximum atomic E-state index is 11.3. The Hall–Kier alpha value is -1.09. The molecule has 0 N–H and O–H groups in total. The molecule has 0 bridgehead atoms. The Labute approximate surface area is 68.3 Å². The van der Waals surface area contributed by atoms with Crippen LogP contribution in [-0.2, 0) is 0 Å². The van der Waals surface area contributed by atoms with Crippen molar-refractivity contribution in [2.45, 2.75) is 6.92 Å². The van der Waals surface area contributed by atoms with Crippen molar-refractivity contribution in [1.29, 1.82) is 0 Å². The van der Waals surface area contributed by atoms with Crippen LogP contribution in [0.4, 0.5) is 0 Å². The molecule has 11 heavy (non-hydrogen) atoms. The number of hydrogen-bond donors (Lipinski definition) is 0. The first-order chi connectivity index (χ1) is 5.29. The third-order valence-electron chi connectivity index (χ3n) is 1.63. The Kier molecular flexibility index (Phi) is 1.32. The van der Waals surface area contributed by atoms with E-state index in [1.54, 1.807) is 0 Å². The number of nitrogens with zero attached hydrogens (tertiary/aromatic N) is 1. The normalized spacial score (nSPS) is 10.6. The second-order valence-electron chi connectivity index (χ2n) is 2.38. The third kappa shape index (κ3) is 0.886. The van der Waals surface area contributed by atoms with Crippen LogP contribution in [-0.4, -0.2) is 0 Å². The Bertz CT molecular complexity index is 394. The van der Waals surface area contributed by atoms with Crippen LogP contribution in [0.15, 0.2) is 24.3 Å². The predicted octanol–water partition coefficient (Wildman–Crippen LogP) is 1.84. The number of hydrogen-bond acceptors (Lipinski definition) is 2. The van der Waals surface area contributed by atoms with E-state index in [1.807, 2.05) is 31.2 Å². The van der Waals surface area contributed by atoms with Crippen LogP contribution in [0.1, 0.15) is 5.01 Å². The van der Waals surface area contributed by atoms with Crippen molar-refractivity contribution in [3.63, 3.8) is 0 Å². The van der Waals surface area contributed by atoms with E-state index in [-0.39, 0.29) is 0 Å². The second kappa shape index (κ2) is 2.20. The van der Waals surface area contributed by atoms with Gasteiger partial charge in [0.2, 0.25) is 10.5 Å². The van der Waals surface area contributed by atoms with E-state index in [1.165, 1.54) is 11.3 Å². The topological polar surface area (TPSA) is 26.9 Å². The van der Waals surface area contributed by atoms with Gasteiger partial charge in [0.05, 0.1) is 0 Å². The van der Waals surface area contributed by atoms with E-state index in [4.69, 9.17) is 0 Å². The number of aryl methyl sites for hydroxylation is 1. The molecule has 0 radical (unpaired) electrons. The zero-order valence-electron chi connectivity index (χ0n) is 6.07. The Morgan fingerprint density at radius 2 is 2.09 bits per heavy atom. The van der Waals surface area contributed by atoms with Crippen LogP contribution in [0.3, 0.4) is 0 Å². The molecule has 0 aliphatic heterocycles. The summed E-state index contributed by atoms with van der Waals surface area (Å²) in [5, 5.41) is 12.1. The van der Waals surface area contributed by atoms with Crippen LogP contribution in [0.5, 0.6) is 0 Å². The van der Waals surface area contributed by atoms with Crippen molar-refractivity contribution < 1.29 is 4.73 Å². The lowest BCUT2D eigenvalue weighted by atomic mass is 10.3. The van der Waals surface area contributed by atoms with Gasteiger partial charge in [-0.15, -0.1) is 0 Å². The molecular weight excluding hydrogens is 158 g/mol. The molecule has 0 aliphatic rings. The first-order valence-corrected chi connectivity index (χ1v) is 4.18. The molecule has 0 unspecified atom stereocenters. The van der Waals surface area contributed by atoms with Crippen molar-refractivity contribution >= 4 is 21.6 Å². The lowest BCUT2D eigenvalue weighted by Crippen LogP contribution is -2.26. The number of benzene rings is 1. The minimum Gasteiger partial charge on any atom is -0.617 e. The number of aromatic nitrogens is 1. The fourth-order valence-corrected chi connectivity index (χ4v) is 1.98. The summed E-state index contributed by atoms with van der Waals surface area (Å²) in [5.41, 5.74) is 0.773. The van der Waals surface area contributed by atoms with Crippen LogP contribution < -0.4 is 4.73 Å². The summed E-state index contributed by atoms with van der Waals surface area (Å²) in [6, 6.07) is 7.62. The van der Waals surface area contributed by atoms with Crippen LogP contribution in [0, 0.1) is 12.1 Å². The Morgan fingerprint density at radius 1 is 1.36 bits per heavy atom. The van der Waals surface area contributed by atoms with Gasteiger partial charge >= 0.3 is 0 Å². The molecule has 3 heteroatoms. The van der Waals surface area contributed by atoms with Gasteiger partial charge in [-0.05, 0) is 6.07 Å². The highest BCUT2D eigenvalue weighted by molar-refractivity contribution is 7.18. The lowest BCUT2D eigenvalue weighted by molar-refractivity contribution is -0.578. The second-order valence-corrected chi connectivity index (χ2v) is 3.62. The fourth-order valence-electron chi connectivity index (χ4n) is 1.08. The van der Waals surface area contributed by atoms with Crippen LogP contribution in [0.25, 0.3) is 10.2 Å². The highest BCUT2D eigenvalue weighted by Crippen LogP contribution is 2.18. The summed E-state index contributed by atoms with van der Waals surface area (Å²) in [5.74, 6) is 0. The molecule has 0 saturated carbocycles. The smallest absolute Gasteiger partial charge is 0.246 e. The van der Waals surface area contributed by atoms with Gasteiger partial charge < -0.3 is 5.21 Å². The molecule has 2 nitrogen and oxygen atoms in total. The average molecular weight is 165 g/mol. The van der Waals surface area contributed by atoms with Gasteiger partial charge in [-0.1, -0.05) is 23.5 Å². The zero-order chi connectivity index (χ0) is 7.84. The van der Waals surface area contributed by atoms with Gasteiger partial charge in [0.1, 0.15) is 4.70 Å². The molecule has 2 rings (SSSR count). The monoisotopic (exact) mass is 165 g/mol. The number of rotatable bonds is 0. The lowest BCUT2D eigenvalue weighted by Gasteiger charge is -1.91. The number of thiazole rings is 1. The molecule has 0 aliphatic carbocycles. The minimum absolute atomic E-state index is 0.773. The summed E-state index contributed by atoms with van der Waals surface area (Å²) in [6.45, 7) is 1.83. The van der Waals surface area contributed by atoms with Gasteiger partial charge in [-0.25, -0.2) is 0 Å². The maximum Gasteiger partial charge on any atom is 0.246 e. The van der Waals surface area contributed by atoms with E-state index in [2.05, 4.69) is 0 Å². The fraction of sp³-hybridized carbons (Fsp3) is 0.125. The number of para-hydroxylation sites is 1. The van der Waals surface area contributed by atoms with E-state index >= 15 is 0 Å². The molecule has 0 amide bonds. The van der Waals surface area contributed by atoms with Crippen LogP contribution >= 0.6 is 11.3 Å². The molecule has 56 valence electrons. The summed E-state index contributed by atoms with van der Waals surface area (Å²) < 4.78 is 2.03. The molecule has 1 heterocycles. The molecule has 0 fully saturated rings. The van der Waals surface area contributed by atoms with Gasteiger partial charge in [0.15, 0.2) is 0 Å². The highest BCUT2D eigenvalue weighted by atomic mass is 32.1. The van der Waals surface area contributed by atoms with E-state index in [9.17, 15) is 5.21 Å². The van der Waals surface area contributed by atoms with Gasteiger partial charge in [-0.3, -0.25) is 0 Å². The van der Waals surface area contributed by atoms with Crippen molar-refractivity contribution in [3.8, 4) is 0 Å². The molecule has 0 spiro atoms. The first kappa shape index (κ1) is 6.61. The summed E-state index contributed by atoms with van der Waals surface area (Å²) >= 11 is 1.53. The van der Waals surface area contributed by atoms with Crippen molar-refractivity contribution in [2.24, 2.45) is 0 Å². The molecular formula is C8H7NOS. The highest BCUT2D eigenvalue weighted by Gasteiger charge is 2.08. The molecule has 1 aromatic heterocycles. The molecule has 0 atom stereocenters. The SMILES string of the molecule is Cc1sc2ccccc2[n+]1[O-]. The summed E-state index contributed by atoms with van der Waals surface area (Å²) in [7, 11) is 0. The predicted molar refractivity (Wildman–Crippen MR) is 45.5 cm³/mol. The van der Waals surface area contributed by atoms with E-state index in [0.717, 1.165) is 20.0 Å². The molecule has 2 aromatic rings. The van der Waals surface area contributed by atoms with Crippen molar-refractivity contribution in [2.75, 3.05) is 0 Å². The maximum absolute atomic E-state index is 11.3. The minimum atomic E-state index is 0.773. The summed E-state index contributed by atoms with van der Waals surface area (Å²) in [6.07, 6.45) is 0. The Balaban J connectivity index is 2.92. The van der Waals surface area contributed by atoms with Gasteiger partial charge in [0.25, 0.3) is 0 Å². The third-order valence-corrected chi connectivity index (χ3v) is 2.65. The van der Waals surface area contributed by atoms with Gasteiger partial charge in [-0.2, -0.15) is 4.73 Å². The van der Waals surface area contributed by atoms with E-state index < -0.39 is 0 Å². The van der Waals surface area contributed by atoms with Crippen molar-refractivity contribution in [1.82, 2.24) is 0 Å². The average Bonchev–Trinajstić information content (AvgIpc) is 2.30. The van der Waals surface area contributed by atoms with Crippen LogP contribution in [0.2, 0.25) is 0 Å². The largest absolute Gasteiger partial charge is 0.617 e. The molecule has 0 saturated heterocycles.